The zero-order valence-corrected chi connectivity index (χ0v) is 10.2. The van der Waals surface area contributed by atoms with Crippen LogP contribution in [-0.2, 0) is 6.54 Å². The summed E-state index contributed by atoms with van der Waals surface area (Å²) < 4.78 is 0. The Morgan fingerprint density at radius 1 is 1.24 bits per heavy atom. The fourth-order valence-electron chi connectivity index (χ4n) is 1.86. The third-order valence-corrected chi connectivity index (χ3v) is 2.89. The van der Waals surface area contributed by atoms with Gasteiger partial charge in [-0.1, -0.05) is 24.3 Å². The summed E-state index contributed by atoms with van der Waals surface area (Å²) in [5.41, 5.74) is 3.66. The topological polar surface area (TPSA) is 37.8 Å². The molecule has 1 aromatic carbocycles. The van der Waals surface area contributed by atoms with E-state index in [9.17, 15) is 0 Å². The van der Waals surface area contributed by atoms with E-state index in [0.29, 0.717) is 6.04 Å². The van der Waals surface area contributed by atoms with Crippen molar-refractivity contribution in [2.75, 3.05) is 0 Å². The van der Waals surface area contributed by atoms with Gasteiger partial charge in [0.15, 0.2) is 0 Å². The van der Waals surface area contributed by atoms with Crippen molar-refractivity contribution < 1.29 is 0 Å². The molecule has 1 heterocycles. The molecule has 0 spiro atoms. The number of nitrogens with one attached hydrogen (secondary N) is 1. The van der Waals surface area contributed by atoms with E-state index in [0.717, 1.165) is 12.2 Å². The van der Waals surface area contributed by atoms with Crippen LogP contribution in [0.2, 0.25) is 0 Å². The molecule has 0 aliphatic carbocycles. The molecule has 0 aliphatic rings. The standard InChI is InChI=1S/C14H17N3/c1-11-5-3-4-6-14(11)12(2)16-9-13-7-8-15-10-17-13/h3-8,10,12,16H,9H2,1-2H3/t12-/m0/s1. The van der Waals surface area contributed by atoms with Gasteiger partial charge < -0.3 is 5.32 Å². The number of rotatable bonds is 4. The molecular formula is C14H17N3. The van der Waals surface area contributed by atoms with Crippen molar-refractivity contribution in [2.24, 2.45) is 0 Å². The lowest BCUT2D eigenvalue weighted by Gasteiger charge is -2.16. The van der Waals surface area contributed by atoms with Crippen molar-refractivity contribution in [1.29, 1.82) is 0 Å². The Kier molecular flexibility index (Phi) is 3.83. The largest absolute Gasteiger partial charge is 0.305 e. The molecule has 2 rings (SSSR count). The van der Waals surface area contributed by atoms with E-state index < -0.39 is 0 Å². The van der Waals surface area contributed by atoms with E-state index in [1.54, 1.807) is 12.5 Å². The molecule has 0 amide bonds. The van der Waals surface area contributed by atoms with Crippen LogP contribution in [0.15, 0.2) is 42.9 Å². The Morgan fingerprint density at radius 3 is 2.76 bits per heavy atom. The van der Waals surface area contributed by atoms with Gasteiger partial charge in [0.25, 0.3) is 0 Å². The maximum atomic E-state index is 4.19. The van der Waals surface area contributed by atoms with Gasteiger partial charge in [-0.05, 0) is 31.0 Å². The van der Waals surface area contributed by atoms with Crippen LogP contribution >= 0.6 is 0 Å². The summed E-state index contributed by atoms with van der Waals surface area (Å²) in [7, 11) is 0. The van der Waals surface area contributed by atoms with Crippen LogP contribution in [0.5, 0.6) is 0 Å². The number of nitrogens with zero attached hydrogens (tertiary/aromatic N) is 2. The van der Waals surface area contributed by atoms with Gasteiger partial charge in [-0.25, -0.2) is 9.97 Å². The zero-order valence-electron chi connectivity index (χ0n) is 10.2. The second-order valence-corrected chi connectivity index (χ2v) is 4.16. The minimum atomic E-state index is 0.325. The molecule has 0 fully saturated rings. The van der Waals surface area contributed by atoms with E-state index in [-0.39, 0.29) is 0 Å². The van der Waals surface area contributed by atoms with E-state index in [1.807, 2.05) is 6.07 Å². The maximum absolute atomic E-state index is 4.19. The van der Waals surface area contributed by atoms with E-state index in [1.165, 1.54) is 11.1 Å². The number of hydrogen-bond acceptors (Lipinski definition) is 3. The van der Waals surface area contributed by atoms with E-state index >= 15 is 0 Å². The minimum Gasteiger partial charge on any atom is -0.305 e. The number of aryl methyl sites for hydroxylation is 1. The molecule has 1 atom stereocenters. The first-order valence-electron chi connectivity index (χ1n) is 5.81. The molecule has 1 N–H and O–H groups in total. The maximum Gasteiger partial charge on any atom is 0.115 e. The molecule has 1 aromatic heterocycles. The number of benzene rings is 1. The van der Waals surface area contributed by atoms with Gasteiger partial charge >= 0.3 is 0 Å². The first-order valence-corrected chi connectivity index (χ1v) is 5.81. The summed E-state index contributed by atoms with van der Waals surface area (Å²) in [6.07, 6.45) is 3.35. The second-order valence-electron chi connectivity index (χ2n) is 4.16. The summed E-state index contributed by atoms with van der Waals surface area (Å²) in [4.78, 5) is 8.10. The fraction of sp³-hybridized carbons (Fsp3) is 0.286. The number of aromatic nitrogens is 2. The molecular weight excluding hydrogens is 210 g/mol. The molecule has 3 heteroatoms. The third kappa shape index (κ3) is 3.11. The molecule has 0 saturated carbocycles. The van der Waals surface area contributed by atoms with Crippen molar-refractivity contribution in [2.45, 2.75) is 26.4 Å². The fourth-order valence-corrected chi connectivity index (χ4v) is 1.86. The molecule has 3 nitrogen and oxygen atoms in total. The van der Waals surface area contributed by atoms with Gasteiger partial charge in [0.05, 0.1) is 5.69 Å². The van der Waals surface area contributed by atoms with Crippen LogP contribution in [0.25, 0.3) is 0 Å². The molecule has 0 saturated heterocycles. The Labute approximate surface area is 102 Å². The predicted octanol–water partition coefficient (Wildman–Crippen LogP) is 2.64. The number of hydrogen-bond donors (Lipinski definition) is 1. The van der Waals surface area contributed by atoms with Gasteiger partial charge in [0.2, 0.25) is 0 Å². The second kappa shape index (κ2) is 5.55. The molecule has 88 valence electrons. The first-order chi connectivity index (χ1) is 8.27. The summed E-state index contributed by atoms with van der Waals surface area (Å²) in [5, 5.41) is 3.47. The molecule has 2 aromatic rings. The van der Waals surface area contributed by atoms with Gasteiger partial charge in [0, 0.05) is 18.8 Å². The van der Waals surface area contributed by atoms with E-state index in [4.69, 9.17) is 0 Å². The van der Waals surface area contributed by atoms with Crippen LogP contribution < -0.4 is 5.32 Å². The summed E-state index contributed by atoms with van der Waals surface area (Å²) in [5.74, 6) is 0. The highest BCUT2D eigenvalue weighted by molar-refractivity contribution is 5.28. The highest BCUT2D eigenvalue weighted by Gasteiger charge is 2.06. The van der Waals surface area contributed by atoms with Crippen LogP contribution in [0.4, 0.5) is 0 Å². The normalized spacial score (nSPS) is 12.4. The van der Waals surface area contributed by atoms with Crippen LogP contribution in [0, 0.1) is 6.92 Å². The summed E-state index contributed by atoms with van der Waals surface area (Å²) in [6, 6.07) is 10.7. The minimum absolute atomic E-state index is 0.325. The Bertz CT molecular complexity index is 468. The van der Waals surface area contributed by atoms with Gasteiger partial charge in [-0.2, -0.15) is 0 Å². The Morgan fingerprint density at radius 2 is 2.06 bits per heavy atom. The zero-order chi connectivity index (χ0) is 12.1. The van der Waals surface area contributed by atoms with Crippen LogP contribution in [-0.4, -0.2) is 9.97 Å². The average Bonchev–Trinajstić information content (AvgIpc) is 2.38. The molecule has 0 radical (unpaired) electrons. The van der Waals surface area contributed by atoms with Crippen molar-refractivity contribution in [3.63, 3.8) is 0 Å². The van der Waals surface area contributed by atoms with Crippen molar-refractivity contribution in [3.8, 4) is 0 Å². The third-order valence-electron chi connectivity index (χ3n) is 2.89. The van der Waals surface area contributed by atoms with Gasteiger partial charge in [0.1, 0.15) is 6.33 Å². The average molecular weight is 227 g/mol. The Hall–Kier alpha value is -1.74. The quantitative estimate of drug-likeness (QED) is 0.872. The Balaban J connectivity index is 1.99. The lowest BCUT2D eigenvalue weighted by Crippen LogP contribution is -2.19. The first kappa shape index (κ1) is 11.7. The van der Waals surface area contributed by atoms with Crippen molar-refractivity contribution in [3.05, 3.63) is 59.7 Å². The highest BCUT2D eigenvalue weighted by atomic mass is 14.9. The lowest BCUT2D eigenvalue weighted by molar-refractivity contribution is 0.564. The molecule has 0 aliphatic heterocycles. The van der Waals surface area contributed by atoms with E-state index in [2.05, 4.69) is 53.4 Å². The van der Waals surface area contributed by atoms with Crippen molar-refractivity contribution >= 4 is 0 Å². The monoisotopic (exact) mass is 227 g/mol. The molecule has 17 heavy (non-hydrogen) atoms. The van der Waals surface area contributed by atoms with Crippen molar-refractivity contribution in [1.82, 2.24) is 15.3 Å². The smallest absolute Gasteiger partial charge is 0.115 e. The predicted molar refractivity (Wildman–Crippen MR) is 68.5 cm³/mol. The van der Waals surface area contributed by atoms with Gasteiger partial charge in [-0.3, -0.25) is 0 Å². The van der Waals surface area contributed by atoms with Gasteiger partial charge in [-0.15, -0.1) is 0 Å². The molecule has 0 bridgehead atoms. The van der Waals surface area contributed by atoms with Crippen LogP contribution in [0.1, 0.15) is 29.8 Å². The summed E-state index contributed by atoms with van der Waals surface area (Å²) >= 11 is 0. The highest BCUT2D eigenvalue weighted by Crippen LogP contribution is 2.16. The molecule has 0 unspecified atom stereocenters. The van der Waals surface area contributed by atoms with Crippen LogP contribution in [0.3, 0.4) is 0 Å². The summed E-state index contributed by atoms with van der Waals surface area (Å²) in [6.45, 7) is 5.07. The SMILES string of the molecule is Cc1ccccc1[C@H](C)NCc1ccncn1. The lowest BCUT2D eigenvalue weighted by atomic mass is 10.0.